The number of hydrogen-bond acceptors (Lipinski definition) is 1. The average Bonchev–Trinajstić information content (AvgIpc) is 1.56. The minimum absolute atomic E-state index is 0.0246. The van der Waals surface area contributed by atoms with Crippen LogP contribution in [0.4, 0.5) is 71.5 Å². The molecule has 0 aliphatic rings. The molecule has 0 aliphatic heterocycles. The second-order valence-corrected chi connectivity index (χ2v) is 22.1. The summed E-state index contributed by atoms with van der Waals surface area (Å²) in [6, 6.07) is 40.4. The zero-order valence-electron chi connectivity index (χ0n) is 47.2. The van der Waals surface area contributed by atoms with E-state index in [0.717, 1.165) is 30.3 Å². The third-order valence-electron chi connectivity index (χ3n) is 16.2. The van der Waals surface area contributed by atoms with E-state index in [1.165, 1.54) is 106 Å². The van der Waals surface area contributed by atoms with Crippen LogP contribution in [-0.2, 0) is 30.9 Å². The molecule has 2 aromatic heterocycles. The van der Waals surface area contributed by atoms with Gasteiger partial charge in [0.15, 0.2) is 5.69 Å². The summed E-state index contributed by atoms with van der Waals surface area (Å²) in [5.74, 6) is 0. The highest BCUT2D eigenvalue weighted by molar-refractivity contribution is 6.14. The Kier molecular flexibility index (Phi) is 14.2. The van der Waals surface area contributed by atoms with Crippen molar-refractivity contribution in [2.75, 3.05) is 0 Å². The quantitative estimate of drug-likeness (QED) is 0.116. The standard InChI is InChI=1S/C71H41F15N4/c1-36-6-15-49(58(24-36)69(78,79)80)42-10-22-64-55(31-42)56-32-43(50-16-7-37(2)25-59(50)70(81,82)83)11-23-65(56)90(64)66-39(4)26-40(35-87)28-57(66)52-34-47(14-19-61(52)88-5)89-62-20-8-41(48-17-12-45(27-38(48)3)67(72,73)74)29-53(62)54-30-44(9-21-63(54)89)51-18-13-46(68(75,76)77)33-60(51)71(84,85)86/h6-34H,1-4H3. The molecule has 0 radical (unpaired) electrons. The normalized spacial score (nSPS) is 12.6. The van der Waals surface area contributed by atoms with Crippen LogP contribution in [0.3, 0.4) is 0 Å². The number of rotatable bonds is 7. The first-order valence-corrected chi connectivity index (χ1v) is 27.4. The van der Waals surface area contributed by atoms with E-state index in [1.54, 1.807) is 64.6 Å². The summed E-state index contributed by atoms with van der Waals surface area (Å²) in [6.45, 7) is 14.7. The fourth-order valence-electron chi connectivity index (χ4n) is 12.2. The Morgan fingerprint density at radius 3 is 1.17 bits per heavy atom. The van der Waals surface area contributed by atoms with Gasteiger partial charge in [0.2, 0.25) is 0 Å². The average molecular weight is 1240 g/mol. The molecule has 0 spiro atoms. The van der Waals surface area contributed by atoms with Gasteiger partial charge in [-0.05, 0) is 204 Å². The number of nitrogens with zero attached hydrogens (tertiary/aromatic N) is 4. The Hall–Kier alpha value is -10.3. The highest BCUT2D eigenvalue weighted by atomic mass is 19.4. The van der Waals surface area contributed by atoms with Gasteiger partial charge in [0.25, 0.3) is 0 Å². The minimum atomic E-state index is -5.26. The number of benzene rings is 10. The molecule has 19 heteroatoms. The van der Waals surface area contributed by atoms with Gasteiger partial charge in [-0.1, -0.05) is 77.9 Å². The van der Waals surface area contributed by atoms with Crippen LogP contribution >= 0.6 is 0 Å². The lowest BCUT2D eigenvalue weighted by Crippen LogP contribution is -2.12. The molecule has 0 fully saturated rings. The number of hydrogen-bond donors (Lipinski definition) is 0. The Balaban J connectivity index is 1.12. The van der Waals surface area contributed by atoms with Crippen molar-refractivity contribution in [1.82, 2.24) is 9.13 Å². The summed E-state index contributed by atoms with van der Waals surface area (Å²) in [5.41, 5.74) is -1.89. The first-order chi connectivity index (χ1) is 42.3. The maximum absolute atomic E-state index is 14.8. The van der Waals surface area contributed by atoms with Crippen LogP contribution in [0.25, 0.3) is 115 Å². The van der Waals surface area contributed by atoms with Crippen molar-refractivity contribution in [3.05, 3.63) is 243 Å². The van der Waals surface area contributed by atoms with Crippen molar-refractivity contribution >= 4 is 49.3 Å². The molecule has 0 N–H and O–H groups in total. The molecule has 0 saturated heterocycles. The fourth-order valence-corrected chi connectivity index (χ4v) is 12.2. The summed E-state index contributed by atoms with van der Waals surface area (Å²) in [4.78, 5) is 3.89. The van der Waals surface area contributed by atoms with Gasteiger partial charge in [-0.2, -0.15) is 71.1 Å². The van der Waals surface area contributed by atoms with Crippen LogP contribution < -0.4 is 0 Å². The van der Waals surface area contributed by atoms with E-state index >= 15 is 0 Å². The van der Waals surface area contributed by atoms with E-state index in [1.807, 2.05) is 0 Å². The summed E-state index contributed by atoms with van der Waals surface area (Å²) >= 11 is 0. The molecular weight excluding hydrogens is 1190 g/mol. The molecule has 0 aliphatic carbocycles. The van der Waals surface area contributed by atoms with Crippen molar-refractivity contribution in [2.45, 2.75) is 58.6 Å². The zero-order valence-corrected chi connectivity index (χ0v) is 47.2. The molecule has 4 nitrogen and oxygen atoms in total. The van der Waals surface area contributed by atoms with Crippen molar-refractivity contribution in [1.29, 1.82) is 5.26 Å². The molecule has 0 atom stereocenters. The van der Waals surface area contributed by atoms with E-state index in [2.05, 4.69) is 10.9 Å². The lowest BCUT2D eigenvalue weighted by atomic mass is 9.94. The maximum Gasteiger partial charge on any atom is 0.417 e. The maximum atomic E-state index is 14.8. The van der Waals surface area contributed by atoms with Crippen LogP contribution in [-0.4, -0.2) is 9.13 Å². The van der Waals surface area contributed by atoms with E-state index < -0.39 is 64.3 Å². The van der Waals surface area contributed by atoms with Gasteiger partial charge < -0.3 is 9.13 Å². The van der Waals surface area contributed by atoms with Crippen molar-refractivity contribution in [3.8, 4) is 73.1 Å². The monoisotopic (exact) mass is 1230 g/mol. The molecule has 10 aromatic carbocycles. The molecule has 90 heavy (non-hydrogen) atoms. The molecule has 12 aromatic rings. The predicted octanol–water partition coefficient (Wildman–Crippen LogP) is 23.0. The molecule has 0 unspecified atom stereocenters. The molecule has 450 valence electrons. The largest absolute Gasteiger partial charge is 0.417 e. The van der Waals surface area contributed by atoms with Gasteiger partial charge in [-0.25, -0.2) is 4.85 Å². The molecule has 12 rings (SSSR count). The minimum Gasteiger partial charge on any atom is -0.309 e. The number of alkyl halides is 15. The highest BCUT2D eigenvalue weighted by Crippen LogP contribution is 2.49. The number of fused-ring (bicyclic) bond motifs is 6. The third-order valence-corrected chi connectivity index (χ3v) is 16.2. The Morgan fingerprint density at radius 1 is 0.356 bits per heavy atom. The van der Waals surface area contributed by atoms with Gasteiger partial charge in [-0.3, -0.25) is 0 Å². The third kappa shape index (κ3) is 10.5. The molecule has 0 amide bonds. The van der Waals surface area contributed by atoms with Gasteiger partial charge in [0.1, 0.15) is 0 Å². The van der Waals surface area contributed by atoms with Crippen molar-refractivity contribution in [2.24, 2.45) is 0 Å². The van der Waals surface area contributed by atoms with Crippen molar-refractivity contribution < 1.29 is 65.9 Å². The van der Waals surface area contributed by atoms with Crippen LogP contribution in [0.1, 0.15) is 55.6 Å². The van der Waals surface area contributed by atoms with Crippen LogP contribution in [0, 0.1) is 45.6 Å². The topological polar surface area (TPSA) is 38.0 Å². The molecule has 0 bridgehead atoms. The Morgan fingerprint density at radius 2 is 0.756 bits per heavy atom. The van der Waals surface area contributed by atoms with Crippen molar-refractivity contribution in [3.63, 3.8) is 0 Å². The number of aromatic nitrogens is 2. The number of halogens is 15. The second kappa shape index (κ2) is 21.2. The molecular formula is C71H41F15N4. The van der Waals surface area contributed by atoms with Crippen LogP contribution in [0.2, 0.25) is 0 Å². The van der Waals surface area contributed by atoms with Gasteiger partial charge in [0.05, 0.1) is 73.8 Å². The first-order valence-electron chi connectivity index (χ1n) is 27.4. The SMILES string of the molecule is [C-]#[N+]c1ccc(-n2c3ccc(-c4ccc(C(F)(F)F)cc4C)cc3c3cc(-c4ccc(C(F)(F)F)cc4C(F)(F)F)ccc32)cc1-c1cc(C#N)cc(C)c1-n1c2ccc(-c3ccc(C)cc3C(F)(F)F)cc2c2cc(-c3ccc(C)cc3C(F)(F)F)ccc21. The predicted molar refractivity (Wildman–Crippen MR) is 317 cm³/mol. The first kappa shape index (κ1) is 60.0. The smallest absolute Gasteiger partial charge is 0.309 e. The summed E-state index contributed by atoms with van der Waals surface area (Å²) in [5, 5.41) is 11.8. The van der Waals surface area contributed by atoms with E-state index in [9.17, 15) is 71.1 Å². The van der Waals surface area contributed by atoms with Crippen LogP contribution in [0.5, 0.6) is 0 Å². The second-order valence-electron chi connectivity index (χ2n) is 22.1. The highest BCUT2D eigenvalue weighted by Gasteiger charge is 2.40. The van der Waals surface area contributed by atoms with Gasteiger partial charge in [0, 0.05) is 27.2 Å². The van der Waals surface area contributed by atoms with E-state index in [-0.39, 0.29) is 67.2 Å². The lowest BCUT2D eigenvalue weighted by molar-refractivity contribution is -0.143. The fraction of sp³-hybridized carbons (Fsp3) is 0.127. The Labute approximate surface area is 502 Å². The number of aryl methyl sites for hydroxylation is 4. The summed E-state index contributed by atoms with van der Waals surface area (Å²) in [6.07, 6.45) is -24.7. The number of nitriles is 1. The van der Waals surface area contributed by atoms with Crippen LogP contribution in [0.15, 0.2) is 176 Å². The Bertz CT molecular complexity index is 4950. The van der Waals surface area contributed by atoms with Gasteiger partial charge in [-0.15, -0.1) is 0 Å². The van der Waals surface area contributed by atoms with E-state index in [4.69, 9.17) is 6.57 Å². The zero-order chi connectivity index (χ0) is 64.5. The summed E-state index contributed by atoms with van der Waals surface area (Å²) in [7, 11) is 0. The molecule has 0 saturated carbocycles. The summed E-state index contributed by atoms with van der Waals surface area (Å²) < 4.78 is 220. The van der Waals surface area contributed by atoms with E-state index in [0.29, 0.717) is 83.5 Å². The van der Waals surface area contributed by atoms with Gasteiger partial charge >= 0.3 is 30.9 Å². The molecule has 2 heterocycles. The lowest BCUT2D eigenvalue weighted by Gasteiger charge is -2.20.